The summed E-state index contributed by atoms with van der Waals surface area (Å²) in [5.41, 5.74) is 1.11. The number of carbonyl (C=O) groups is 1. The minimum atomic E-state index is -0.859. The van der Waals surface area contributed by atoms with Crippen LogP contribution < -0.4 is 24.4 Å². The molecule has 1 aliphatic heterocycles. The van der Waals surface area contributed by atoms with Gasteiger partial charge in [-0.1, -0.05) is 12.1 Å². The number of carbonyl (C=O) groups excluding carboxylic acids is 1. The Morgan fingerprint density at radius 2 is 1.54 bits per heavy atom. The lowest BCUT2D eigenvalue weighted by molar-refractivity contribution is 0.0714. The van der Waals surface area contributed by atoms with Crippen LogP contribution in [0.25, 0.3) is 11.0 Å². The summed E-state index contributed by atoms with van der Waals surface area (Å²) in [7, 11) is 6.02. The highest BCUT2D eigenvalue weighted by atomic mass is 19.1. The van der Waals surface area contributed by atoms with Crippen molar-refractivity contribution >= 4 is 16.9 Å². The molecule has 37 heavy (non-hydrogen) atoms. The second-order valence-electron chi connectivity index (χ2n) is 8.46. The summed E-state index contributed by atoms with van der Waals surface area (Å²) in [5, 5.41) is 0.0512. The highest BCUT2D eigenvalue weighted by Crippen LogP contribution is 2.45. The highest BCUT2D eigenvalue weighted by molar-refractivity contribution is 5.99. The van der Waals surface area contributed by atoms with E-state index in [0.717, 1.165) is 11.6 Å². The van der Waals surface area contributed by atoms with Crippen molar-refractivity contribution in [1.29, 1.82) is 0 Å². The molecule has 0 saturated heterocycles. The number of benzene rings is 3. The van der Waals surface area contributed by atoms with E-state index in [-0.39, 0.29) is 28.8 Å². The van der Waals surface area contributed by atoms with Gasteiger partial charge in [-0.05, 0) is 53.6 Å². The Hall–Kier alpha value is -4.53. The molecule has 9 heteroatoms. The Morgan fingerprint density at radius 3 is 2.14 bits per heavy atom. The first-order chi connectivity index (χ1) is 17.9. The number of methoxy groups -OCH3 is 4. The van der Waals surface area contributed by atoms with Crippen LogP contribution >= 0.6 is 0 Å². The SMILES string of the molecule is COc1ccc(CN2C(=O)c3oc4ccc(F)cc4c(=O)c3C2c2cc(OC)c(OC)c(OC)c2)cc1. The van der Waals surface area contributed by atoms with Crippen LogP contribution in [0.4, 0.5) is 4.39 Å². The fourth-order valence-electron chi connectivity index (χ4n) is 4.69. The Balaban J connectivity index is 1.74. The van der Waals surface area contributed by atoms with E-state index in [1.165, 1.54) is 38.4 Å². The number of hydrogen-bond donors (Lipinski definition) is 0. The molecule has 3 aromatic carbocycles. The molecule has 1 unspecified atom stereocenters. The van der Waals surface area contributed by atoms with Crippen molar-refractivity contribution in [3.05, 3.63) is 93.1 Å². The molecule has 1 aromatic heterocycles. The van der Waals surface area contributed by atoms with E-state index in [0.29, 0.717) is 28.6 Å². The fraction of sp³-hybridized carbons (Fsp3) is 0.214. The van der Waals surface area contributed by atoms with Crippen LogP contribution in [-0.2, 0) is 6.54 Å². The van der Waals surface area contributed by atoms with Gasteiger partial charge in [0.15, 0.2) is 16.9 Å². The van der Waals surface area contributed by atoms with Gasteiger partial charge in [0.05, 0.1) is 45.4 Å². The van der Waals surface area contributed by atoms with Crippen molar-refractivity contribution in [3.8, 4) is 23.0 Å². The van der Waals surface area contributed by atoms with Crippen molar-refractivity contribution in [1.82, 2.24) is 4.90 Å². The molecule has 1 atom stereocenters. The number of hydrogen-bond acceptors (Lipinski definition) is 7. The molecular formula is C28H24FNO7. The maximum absolute atomic E-state index is 14.1. The van der Waals surface area contributed by atoms with Gasteiger partial charge >= 0.3 is 0 Å². The smallest absolute Gasteiger partial charge is 0.291 e. The molecule has 0 radical (unpaired) electrons. The summed E-state index contributed by atoms with van der Waals surface area (Å²) in [6.45, 7) is 0.165. The molecule has 4 aromatic rings. The van der Waals surface area contributed by atoms with Crippen LogP contribution in [0.2, 0.25) is 0 Å². The molecule has 0 saturated carbocycles. The predicted octanol–water partition coefficient (Wildman–Crippen LogP) is 4.71. The Labute approximate surface area is 211 Å². The Bertz CT molecular complexity index is 1540. The van der Waals surface area contributed by atoms with Gasteiger partial charge < -0.3 is 28.3 Å². The van der Waals surface area contributed by atoms with E-state index < -0.39 is 23.2 Å². The first-order valence-electron chi connectivity index (χ1n) is 11.4. The second kappa shape index (κ2) is 9.50. The van der Waals surface area contributed by atoms with Crippen molar-refractivity contribution in [2.45, 2.75) is 12.6 Å². The van der Waals surface area contributed by atoms with Crippen molar-refractivity contribution in [2.24, 2.45) is 0 Å². The zero-order valence-electron chi connectivity index (χ0n) is 20.7. The molecule has 190 valence electrons. The third kappa shape index (κ3) is 4.02. The molecule has 0 bridgehead atoms. The van der Waals surface area contributed by atoms with E-state index in [9.17, 15) is 14.0 Å². The van der Waals surface area contributed by atoms with Gasteiger partial charge in [-0.15, -0.1) is 0 Å². The van der Waals surface area contributed by atoms with Crippen LogP contribution in [0.3, 0.4) is 0 Å². The zero-order chi connectivity index (χ0) is 26.3. The molecule has 2 heterocycles. The van der Waals surface area contributed by atoms with E-state index in [1.807, 2.05) is 12.1 Å². The van der Waals surface area contributed by atoms with Gasteiger partial charge in [0.25, 0.3) is 5.91 Å². The van der Waals surface area contributed by atoms with E-state index in [2.05, 4.69) is 0 Å². The maximum Gasteiger partial charge on any atom is 0.291 e. The van der Waals surface area contributed by atoms with Gasteiger partial charge in [-0.2, -0.15) is 0 Å². The monoisotopic (exact) mass is 505 g/mol. The lowest BCUT2D eigenvalue weighted by Crippen LogP contribution is -2.29. The molecule has 1 aliphatic rings. The number of nitrogens with zero attached hydrogens (tertiary/aromatic N) is 1. The summed E-state index contributed by atoms with van der Waals surface area (Å²) >= 11 is 0. The molecule has 0 aliphatic carbocycles. The number of amides is 1. The first kappa shape index (κ1) is 24.2. The highest BCUT2D eigenvalue weighted by Gasteiger charge is 2.43. The van der Waals surface area contributed by atoms with Crippen LogP contribution in [0.5, 0.6) is 23.0 Å². The average Bonchev–Trinajstić information content (AvgIpc) is 3.19. The summed E-state index contributed by atoms with van der Waals surface area (Å²) in [6.07, 6.45) is 0. The lowest BCUT2D eigenvalue weighted by Gasteiger charge is -2.26. The first-order valence-corrected chi connectivity index (χ1v) is 11.4. The van der Waals surface area contributed by atoms with Crippen molar-refractivity contribution in [3.63, 3.8) is 0 Å². The molecule has 8 nitrogen and oxygen atoms in total. The number of halogens is 1. The van der Waals surface area contributed by atoms with Crippen molar-refractivity contribution < 1.29 is 32.5 Å². The summed E-state index contributed by atoms with van der Waals surface area (Å²) < 4.78 is 41.7. The largest absolute Gasteiger partial charge is 0.497 e. The maximum atomic E-state index is 14.1. The number of rotatable bonds is 7. The zero-order valence-corrected chi connectivity index (χ0v) is 20.7. The average molecular weight is 505 g/mol. The summed E-state index contributed by atoms with van der Waals surface area (Å²) in [5.74, 6) is 0.628. The predicted molar refractivity (Wildman–Crippen MR) is 133 cm³/mol. The normalized spacial score (nSPS) is 14.6. The fourth-order valence-corrected chi connectivity index (χ4v) is 4.69. The quantitative estimate of drug-likeness (QED) is 0.359. The Kier molecular flexibility index (Phi) is 6.20. The summed E-state index contributed by atoms with van der Waals surface area (Å²) in [4.78, 5) is 29.0. The number of ether oxygens (including phenoxy) is 4. The van der Waals surface area contributed by atoms with Gasteiger partial charge in [0.1, 0.15) is 17.1 Å². The lowest BCUT2D eigenvalue weighted by atomic mass is 9.97. The third-order valence-electron chi connectivity index (χ3n) is 6.44. The Morgan fingerprint density at radius 1 is 0.865 bits per heavy atom. The molecule has 0 N–H and O–H groups in total. The molecule has 5 rings (SSSR count). The van der Waals surface area contributed by atoms with Crippen molar-refractivity contribution in [2.75, 3.05) is 28.4 Å². The second-order valence-corrected chi connectivity index (χ2v) is 8.46. The summed E-state index contributed by atoms with van der Waals surface area (Å²) in [6, 6.07) is 13.4. The molecule has 1 amide bonds. The standard InChI is InChI=1S/C28H24FNO7/c1-33-18-8-5-15(6-9-18)14-30-24(16-11-21(34-2)26(36-4)22(12-16)35-3)23-25(31)19-13-17(29)7-10-20(19)37-27(23)28(30)32/h5-13,24H,14H2,1-4H3. The van der Waals surface area contributed by atoms with Crippen LogP contribution in [0, 0.1) is 5.82 Å². The van der Waals surface area contributed by atoms with Gasteiger partial charge in [0.2, 0.25) is 11.5 Å². The van der Waals surface area contributed by atoms with E-state index in [4.69, 9.17) is 23.4 Å². The van der Waals surface area contributed by atoms with Crippen LogP contribution in [0.15, 0.2) is 63.8 Å². The van der Waals surface area contributed by atoms with E-state index in [1.54, 1.807) is 31.4 Å². The third-order valence-corrected chi connectivity index (χ3v) is 6.44. The molecular weight excluding hydrogens is 481 g/mol. The van der Waals surface area contributed by atoms with E-state index >= 15 is 0 Å². The van der Waals surface area contributed by atoms with Crippen LogP contribution in [0.1, 0.15) is 33.3 Å². The van der Waals surface area contributed by atoms with Gasteiger partial charge in [-0.25, -0.2) is 4.39 Å². The molecule has 0 spiro atoms. The van der Waals surface area contributed by atoms with Gasteiger partial charge in [-0.3, -0.25) is 9.59 Å². The minimum absolute atomic E-state index is 0.0512. The number of fused-ring (bicyclic) bond motifs is 2. The van der Waals surface area contributed by atoms with Crippen LogP contribution in [-0.4, -0.2) is 39.2 Å². The minimum Gasteiger partial charge on any atom is -0.497 e. The molecule has 0 fully saturated rings. The topological polar surface area (TPSA) is 87.4 Å². The van der Waals surface area contributed by atoms with Gasteiger partial charge in [0, 0.05) is 6.54 Å².